The first-order valence-electron chi connectivity index (χ1n) is 7.14. The summed E-state index contributed by atoms with van der Waals surface area (Å²) in [4.78, 5) is 11.9. The van der Waals surface area contributed by atoms with Crippen LogP contribution in [0.1, 0.15) is 39.7 Å². The lowest BCUT2D eigenvalue weighted by atomic mass is 10.0. The van der Waals surface area contributed by atoms with E-state index in [1.807, 2.05) is 39.8 Å². The van der Waals surface area contributed by atoms with Crippen LogP contribution in [0, 0.1) is 0 Å². The molecule has 0 aliphatic carbocycles. The summed E-state index contributed by atoms with van der Waals surface area (Å²) in [7, 11) is 1.59. The molecule has 0 radical (unpaired) electrons. The molecule has 0 bridgehead atoms. The first kappa shape index (κ1) is 17.3. The van der Waals surface area contributed by atoms with Crippen molar-refractivity contribution in [2.45, 2.75) is 52.2 Å². The number of hydrogen-bond acceptors (Lipinski definition) is 4. The van der Waals surface area contributed by atoms with Gasteiger partial charge in [-0.1, -0.05) is 6.07 Å². The largest absolute Gasteiger partial charge is 0.497 e. The highest BCUT2D eigenvalue weighted by Gasteiger charge is 2.17. The van der Waals surface area contributed by atoms with Crippen LogP contribution < -0.4 is 15.8 Å². The third-order valence-corrected chi connectivity index (χ3v) is 2.82. The molecule has 3 N–H and O–H groups in total. The Hall–Kier alpha value is -1.75. The normalized spacial score (nSPS) is 12.7. The highest BCUT2D eigenvalue weighted by Crippen LogP contribution is 2.24. The van der Waals surface area contributed by atoms with E-state index in [1.54, 1.807) is 13.2 Å². The molecule has 0 aliphatic rings. The van der Waals surface area contributed by atoms with Gasteiger partial charge >= 0.3 is 6.09 Å². The summed E-state index contributed by atoms with van der Waals surface area (Å²) in [6, 6.07) is 5.71. The van der Waals surface area contributed by atoms with Crippen LogP contribution in [0.4, 0.5) is 10.5 Å². The third-order valence-electron chi connectivity index (χ3n) is 2.82. The van der Waals surface area contributed by atoms with Crippen molar-refractivity contribution in [3.05, 3.63) is 23.8 Å². The number of anilines is 1. The van der Waals surface area contributed by atoms with E-state index in [4.69, 9.17) is 15.2 Å². The molecule has 0 heterocycles. The van der Waals surface area contributed by atoms with E-state index >= 15 is 0 Å². The van der Waals surface area contributed by atoms with Gasteiger partial charge in [-0.15, -0.1) is 0 Å². The molecule has 0 saturated carbocycles. The van der Waals surface area contributed by atoms with E-state index < -0.39 is 11.7 Å². The van der Waals surface area contributed by atoms with Crippen LogP contribution in [-0.4, -0.2) is 24.8 Å². The number of nitrogens with two attached hydrogens (primary N) is 1. The van der Waals surface area contributed by atoms with Crippen LogP contribution in [0.5, 0.6) is 5.75 Å². The molecule has 5 nitrogen and oxygen atoms in total. The predicted molar refractivity (Wildman–Crippen MR) is 84.8 cm³/mol. The van der Waals surface area contributed by atoms with Crippen molar-refractivity contribution >= 4 is 11.8 Å². The molecule has 1 rings (SSSR count). The van der Waals surface area contributed by atoms with Crippen LogP contribution in [0.2, 0.25) is 0 Å². The van der Waals surface area contributed by atoms with Crippen LogP contribution >= 0.6 is 0 Å². The second kappa shape index (κ2) is 7.31. The van der Waals surface area contributed by atoms with Gasteiger partial charge in [0.1, 0.15) is 11.4 Å². The van der Waals surface area contributed by atoms with Gasteiger partial charge in [0, 0.05) is 12.1 Å². The number of carbonyl (C=O) groups excluding carboxylic acids is 1. The van der Waals surface area contributed by atoms with Gasteiger partial charge in [0.25, 0.3) is 0 Å². The Kier molecular flexibility index (Phi) is 6.03. The number of aryl methyl sites for hydroxylation is 1. The molecular formula is C16H26N2O3. The zero-order valence-corrected chi connectivity index (χ0v) is 13.5. The molecular weight excluding hydrogens is 268 g/mol. The summed E-state index contributed by atoms with van der Waals surface area (Å²) in [6.07, 6.45) is 1.15. The van der Waals surface area contributed by atoms with Crippen molar-refractivity contribution < 1.29 is 14.3 Å². The first-order valence-corrected chi connectivity index (χ1v) is 7.14. The minimum atomic E-state index is -0.533. The average molecular weight is 294 g/mol. The summed E-state index contributed by atoms with van der Waals surface area (Å²) in [6.45, 7) is 7.45. The zero-order chi connectivity index (χ0) is 16.0. The van der Waals surface area contributed by atoms with Gasteiger partial charge in [-0.2, -0.15) is 0 Å². The number of benzene rings is 1. The molecule has 1 amide bonds. The van der Waals surface area contributed by atoms with Crippen LogP contribution in [0.3, 0.4) is 0 Å². The molecule has 1 aromatic rings. The fourth-order valence-electron chi connectivity index (χ4n) is 1.81. The summed E-state index contributed by atoms with van der Waals surface area (Å²) in [5.74, 6) is 0.686. The van der Waals surface area contributed by atoms with E-state index in [0.29, 0.717) is 11.4 Å². The Balaban J connectivity index is 2.88. The van der Waals surface area contributed by atoms with Gasteiger partial charge in [-0.05, 0) is 52.2 Å². The van der Waals surface area contributed by atoms with Crippen molar-refractivity contribution in [1.82, 2.24) is 0 Å². The molecule has 0 saturated heterocycles. The molecule has 5 heteroatoms. The fraction of sp³-hybridized carbons (Fsp3) is 0.562. The van der Waals surface area contributed by atoms with E-state index in [1.165, 1.54) is 0 Å². The topological polar surface area (TPSA) is 73.6 Å². The van der Waals surface area contributed by atoms with E-state index in [0.717, 1.165) is 18.4 Å². The molecule has 21 heavy (non-hydrogen) atoms. The predicted octanol–water partition coefficient (Wildman–Crippen LogP) is 3.32. The maximum absolute atomic E-state index is 11.9. The lowest BCUT2D eigenvalue weighted by molar-refractivity contribution is 0.0636. The van der Waals surface area contributed by atoms with Gasteiger partial charge in [-0.3, -0.25) is 5.32 Å². The average Bonchev–Trinajstić information content (AvgIpc) is 2.34. The molecule has 1 atom stereocenters. The molecule has 1 aromatic carbocycles. The van der Waals surface area contributed by atoms with E-state index in [2.05, 4.69) is 5.32 Å². The second-order valence-corrected chi connectivity index (χ2v) is 6.17. The number of rotatable bonds is 5. The third kappa shape index (κ3) is 6.49. The van der Waals surface area contributed by atoms with Gasteiger partial charge in [0.15, 0.2) is 0 Å². The lowest BCUT2D eigenvalue weighted by Crippen LogP contribution is -2.27. The number of methoxy groups -OCH3 is 1. The minimum absolute atomic E-state index is 0.112. The molecule has 0 aliphatic heterocycles. The quantitative estimate of drug-likeness (QED) is 0.873. The lowest BCUT2D eigenvalue weighted by Gasteiger charge is -2.21. The summed E-state index contributed by atoms with van der Waals surface area (Å²) < 4.78 is 10.5. The highest BCUT2D eigenvalue weighted by atomic mass is 16.6. The maximum atomic E-state index is 11.9. The fourth-order valence-corrected chi connectivity index (χ4v) is 1.81. The number of nitrogens with one attached hydrogen (secondary N) is 1. The van der Waals surface area contributed by atoms with Crippen molar-refractivity contribution in [2.24, 2.45) is 5.73 Å². The number of ether oxygens (including phenoxy) is 2. The molecule has 0 aromatic heterocycles. The standard InChI is InChI=1S/C16H26N2O3/c1-11(17)6-7-12-8-9-13(20-5)10-14(12)18-15(19)21-16(2,3)4/h8-11H,6-7,17H2,1-5H3,(H,18,19)/t11-/m0/s1. The second-order valence-electron chi connectivity index (χ2n) is 6.17. The highest BCUT2D eigenvalue weighted by molar-refractivity contribution is 5.86. The molecule has 118 valence electrons. The Morgan fingerprint density at radius 3 is 2.57 bits per heavy atom. The van der Waals surface area contributed by atoms with Crippen LogP contribution in [0.15, 0.2) is 18.2 Å². The van der Waals surface area contributed by atoms with E-state index in [9.17, 15) is 4.79 Å². The van der Waals surface area contributed by atoms with Crippen LogP contribution in [-0.2, 0) is 11.2 Å². The van der Waals surface area contributed by atoms with E-state index in [-0.39, 0.29) is 6.04 Å². The van der Waals surface area contributed by atoms with Crippen molar-refractivity contribution in [2.75, 3.05) is 12.4 Å². The monoisotopic (exact) mass is 294 g/mol. The van der Waals surface area contributed by atoms with Crippen molar-refractivity contribution in [3.8, 4) is 5.75 Å². The zero-order valence-electron chi connectivity index (χ0n) is 13.5. The summed E-state index contributed by atoms with van der Waals surface area (Å²) in [5, 5.41) is 2.78. The molecule has 0 unspecified atom stereocenters. The molecule has 0 spiro atoms. The number of hydrogen-bond donors (Lipinski definition) is 2. The van der Waals surface area contributed by atoms with Gasteiger partial charge in [-0.25, -0.2) is 4.79 Å². The van der Waals surface area contributed by atoms with Gasteiger partial charge < -0.3 is 15.2 Å². The minimum Gasteiger partial charge on any atom is -0.497 e. The SMILES string of the molecule is COc1ccc(CC[C@H](C)N)c(NC(=O)OC(C)(C)C)c1. The Morgan fingerprint density at radius 1 is 1.38 bits per heavy atom. The van der Waals surface area contributed by atoms with Gasteiger partial charge in [0.05, 0.1) is 12.8 Å². The maximum Gasteiger partial charge on any atom is 0.412 e. The van der Waals surface area contributed by atoms with Gasteiger partial charge in [0.2, 0.25) is 0 Å². The number of amides is 1. The van der Waals surface area contributed by atoms with Crippen molar-refractivity contribution in [3.63, 3.8) is 0 Å². The first-order chi connectivity index (χ1) is 9.71. The molecule has 0 fully saturated rings. The van der Waals surface area contributed by atoms with Crippen molar-refractivity contribution in [1.29, 1.82) is 0 Å². The summed E-state index contributed by atoms with van der Waals surface area (Å²) in [5.41, 5.74) is 6.97. The Morgan fingerprint density at radius 2 is 2.05 bits per heavy atom. The summed E-state index contributed by atoms with van der Waals surface area (Å²) >= 11 is 0. The smallest absolute Gasteiger partial charge is 0.412 e. The number of carbonyl (C=O) groups is 1. The van der Waals surface area contributed by atoms with Crippen LogP contribution in [0.25, 0.3) is 0 Å². The Labute approximate surface area is 126 Å². The Bertz CT molecular complexity index is 479.